The summed E-state index contributed by atoms with van der Waals surface area (Å²) in [5.74, 6) is -1.56. The second-order valence-electron chi connectivity index (χ2n) is 6.50. The molecule has 0 atom stereocenters. The summed E-state index contributed by atoms with van der Waals surface area (Å²) in [5.41, 5.74) is 1.87. The van der Waals surface area contributed by atoms with Crippen LogP contribution in [0.2, 0.25) is 0 Å². The molecule has 0 spiro atoms. The van der Waals surface area contributed by atoms with E-state index >= 15 is 0 Å². The standard InChI is InChI=1S/C19H19N3O6S/c1-22-16-7-6-15(10-13(16)11-17(22)23)29(27,28)21-14-4-2-12(3-5-14)19(26)20-9-8-18(24)25/h2-7,10,21H,8-9,11H2,1H3,(H,20,26)(H,24,25). The van der Waals surface area contributed by atoms with Crippen LogP contribution >= 0.6 is 0 Å². The van der Waals surface area contributed by atoms with Gasteiger partial charge in [-0.2, -0.15) is 0 Å². The first kappa shape index (κ1) is 20.3. The summed E-state index contributed by atoms with van der Waals surface area (Å²) in [6, 6.07) is 10.3. The molecule has 1 aliphatic rings. The molecule has 2 amide bonds. The van der Waals surface area contributed by atoms with E-state index in [9.17, 15) is 22.8 Å². The highest BCUT2D eigenvalue weighted by Gasteiger charge is 2.26. The number of fused-ring (bicyclic) bond motifs is 1. The zero-order valence-electron chi connectivity index (χ0n) is 15.5. The van der Waals surface area contributed by atoms with Crippen LogP contribution in [-0.2, 0) is 26.0 Å². The summed E-state index contributed by atoms with van der Waals surface area (Å²) in [4.78, 5) is 35.7. The molecule has 1 aliphatic heterocycles. The molecule has 29 heavy (non-hydrogen) atoms. The Labute approximate surface area is 167 Å². The molecule has 2 aromatic carbocycles. The fraction of sp³-hybridized carbons (Fsp3) is 0.211. The fourth-order valence-electron chi connectivity index (χ4n) is 2.90. The predicted molar refractivity (Wildman–Crippen MR) is 105 cm³/mol. The van der Waals surface area contributed by atoms with Gasteiger partial charge in [-0.25, -0.2) is 8.42 Å². The van der Waals surface area contributed by atoms with Crippen molar-refractivity contribution in [3.8, 4) is 0 Å². The lowest BCUT2D eigenvalue weighted by molar-refractivity contribution is -0.136. The van der Waals surface area contributed by atoms with Crippen LogP contribution in [0.25, 0.3) is 0 Å². The van der Waals surface area contributed by atoms with E-state index in [-0.39, 0.29) is 41.4 Å². The van der Waals surface area contributed by atoms with Gasteiger partial charge in [-0.05, 0) is 48.0 Å². The van der Waals surface area contributed by atoms with Crippen molar-refractivity contribution >= 4 is 39.2 Å². The van der Waals surface area contributed by atoms with E-state index in [4.69, 9.17) is 5.11 Å². The van der Waals surface area contributed by atoms with E-state index in [0.29, 0.717) is 11.3 Å². The lowest BCUT2D eigenvalue weighted by Crippen LogP contribution is -2.25. The van der Waals surface area contributed by atoms with Gasteiger partial charge >= 0.3 is 5.97 Å². The molecule has 3 rings (SSSR count). The van der Waals surface area contributed by atoms with Crippen molar-refractivity contribution in [1.29, 1.82) is 0 Å². The summed E-state index contributed by atoms with van der Waals surface area (Å²) in [7, 11) is -2.23. The number of nitrogens with zero attached hydrogens (tertiary/aromatic N) is 1. The van der Waals surface area contributed by atoms with Gasteiger partial charge in [0.15, 0.2) is 0 Å². The minimum Gasteiger partial charge on any atom is -0.481 e. The van der Waals surface area contributed by atoms with Gasteiger partial charge in [0.1, 0.15) is 0 Å². The summed E-state index contributed by atoms with van der Waals surface area (Å²) in [6.45, 7) is -0.00142. The van der Waals surface area contributed by atoms with Gasteiger partial charge in [0, 0.05) is 30.5 Å². The topological polar surface area (TPSA) is 133 Å². The number of carboxylic acids is 1. The third-order valence-electron chi connectivity index (χ3n) is 4.46. The van der Waals surface area contributed by atoms with E-state index in [1.807, 2.05) is 0 Å². The zero-order chi connectivity index (χ0) is 21.2. The van der Waals surface area contributed by atoms with Crippen LogP contribution in [0.1, 0.15) is 22.3 Å². The van der Waals surface area contributed by atoms with Crippen molar-refractivity contribution in [2.45, 2.75) is 17.7 Å². The first-order valence-electron chi connectivity index (χ1n) is 8.70. The van der Waals surface area contributed by atoms with Crippen molar-refractivity contribution in [2.24, 2.45) is 0 Å². The Balaban J connectivity index is 1.70. The highest BCUT2D eigenvalue weighted by molar-refractivity contribution is 7.92. The Bertz CT molecular complexity index is 1080. The lowest BCUT2D eigenvalue weighted by Gasteiger charge is -2.12. The Hall–Kier alpha value is -3.40. The molecule has 9 nitrogen and oxygen atoms in total. The van der Waals surface area contributed by atoms with Gasteiger partial charge in [-0.1, -0.05) is 0 Å². The normalized spacial score (nSPS) is 13.1. The molecule has 1 heterocycles. The highest BCUT2D eigenvalue weighted by Crippen LogP contribution is 2.30. The smallest absolute Gasteiger partial charge is 0.305 e. The summed E-state index contributed by atoms with van der Waals surface area (Å²) in [6.07, 6.45) is -0.0351. The molecule has 10 heteroatoms. The Kier molecular flexibility index (Phi) is 5.55. The van der Waals surface area contributed by atoms with Gasteiger partial charge in [-0.3, -0.25) is 19.1 Å². The Morgan fingerprint density at radius 1 is 1.14 bits per heavy atom. The molecular formula is C19H19N3O6S. The number of nitrogens with one attached hydrogen (secondary N) is 2. The average Bonchev–Trinajstić information content (AvgIpc) is 2.95. The zero-order valence-corrected chi connectivity index (χ0v) is 16.3. The van der Waals surface area contributed by atoms with Crippen LogP contribution < -0.4 is 14.9 Å². The molecule has 0 radical (unpaired) electrons. The van der Waals surface area contributed by atoms with Gasteiger partial charge in [0.25, 0.3) is 15.9 Å². The number of carboxylic acid groups (broad SMARTS) is 1. The van der Waals surface area contributed by atoms with Crippen molar-refractivity contribution in [3.05, 3.63) is 53.6 Å². The number of carbonyl (C=O) groups excluding carboxylic acids is 2. The second-order valence-corrected chi connectivity index (χ2v) is 8.18. The average molecular weight is 417 g/mol. The van der Waals surface area contributed by atoms with Gasteiger partial charge in [-0.15, -0.1) is 0 Å². The van der Waals surface area contributed by atoms with Crippen LogP contribution in [0.15, 0.2) is 47.4 Å². The van der Waals surface area contributed by atoms with Crippen LogP contribution in [0.3, 0.4) is 0 Å². The van der Waals surface area contributed by atoms with E-state index in [0.717, 1.165) is 0 Å². The number of sulfonamides is 1. The molecule has 0 fully saturated rings. The number of rotatable bonds is 7. The summed E-state index contributed by atoms with van der Waals surface area (Å²) >= 11 is 0. The lowest BCUT2D eigenvalue weighted by atomic mass is 10.2. The molecule has 0 saturated carbocycles. The molecule has 0 saturated heterocycles. The molecular weight excluding hydrogens is 398 g/mol. The van der Waals surface area contributed by atoms with Gasteiger partial charge in [0.05, 0.1) is 17.7 Å². The van der Waals surface area contributed by atoms with Crippen LogP contribution in [-0.4, -0.2) is 44.9 Å². The molecule has 152 valence electrons. The molecule has 0 bridgehead atoms. The monoisotopic (exact) mass is 417 g/mol. The van der Waals surface area contributed by atoms with Crippen molar-refractivity contribution in [3.63, 3.8) is 0 Å². The number of anilines is 2. The van der Waals surface area contributed by atoms with Crippen LogP contribution in [0.5, 0.6) is 0 Å². The SMILES string of the molecule is CN1C(=O)Cc2cc(S(=O)(=O)Nc3ccc(C(=O)NCCC(=O)O)cc3)ccc21. The Morgan fingerprint density at radius 3 is 2.48 bits per heavy atom. The van der Waals surface area contributed by atoms with Crippen molar-refractivity contribution < 1.29 is 27.9 Å². The largest absolute Gasteiger partial charge is 0.481 e. The number of carbonyl (C=O) groups is 3. The summed E-state index contributed by atoms with van der Waals surface area (Å²) < 4.78 is 27.7. The van der Waals surface area contributed by atoms with E-state index in [1.54, 1.807) is 13.1 Å². The third kappa shape index (κ3) is 4.54. The first-order valence-corrected chi connectivity index (χ1v) is 10.2. The Morgan fingerprint density at radius 2 is 1.83 bits per heavy atom. The number of amides is 2. The van der Waals surface area contributed by atoms with E-state index < -0.39 is 21.9 Å². The third-order valence-corrected chi connectivity index (χ3v) is 5.84. The maximum Gasteiger partial charge on any atom is 0.305 e. The number of aliphatic carboxylic acids is 1. The highest BCUT2D eigenvalue weighted by atomic mass is 32.2. The number of hydrogen-bond acceptors (Lipinski definition) is 5. The van der Waals surface area contributed by atoms with Gasteiger partial charge < -0.3 is 15.3 Å². The quantitative estimate of drug-likeness (QED) is 0.620. The van der Waals surface area contributed by atoms with E-state index in [2.05, 4.69) is 10.0 Å². The molecule has 0 aromatic heterocycles. The van der Waals surface area contributed by atoms with E-state index in [1.165, 1.54) is 41.3 Å². The first-order chi connectivity index (χ1) is 13.7. The molecule has 0 aliphatic carbocycles. The molecule has 2 aromatic rings. The number of hydrogen-bond donors (Lipinski definition) is 3. The minimum absolute atomic E-state index is 0.00142. The van der Waals surface area contributed by atoms with Crippen LogP contribution in [0, 0.1) is 0 Å². The fourth-order valence-corrected chi connectivity index (χ4v) is 4.01. The molecule has 3 N–H and O–H groups in total. The number of likely N-dealkylation sites (N-methyl/N-ethyl adjacent to an activating group) is 1. The predicted octanol–water partition coefficient (Wildman–Crippen LogP) is 1.21. The summed E-state index contributed by atoms with van der Waals surface area (Å²) in [5, 5.41) is 11.0. The van der Waals surface area contributed by atoms with Crippen molar-refractivity contribution in [2.75, 3.05) is 23.2 Å². The van der Waals surface area contributed by atoms with Crippen LogP contribution in [0.4, 0.5) is 11.4 Å². The minimum atomic E-state index is -3.87. The number of benzene rings is 2. The molecule has 0 unspecified atom stereocenters. The second kappa shape index (κ2) is 7.92. The van der Waals surface area contributed by atoms with Gasteiger partial charge in [0.2, 0.25) is 5.91 Å². The van der Waals surface area contributed by atoms with Crippen molar-refractivity contribution in [1.82, 2.24) is 5.32 Å². The maximum atomic E-state index is 12.6. The maximum absolute atomic E-state index is 12.6.